The number of hydrogen-bond donors (Lipinski definition) is 0. The van der Waals surface area contributed by atoms with Crippen LogP contribution in [0.3, 0.4) is 0 Å². The quantitative estimate of drug-likeness (QED) is 0.561. The third-order valence-electron chi connectivity index (χ3n) is 6.71. The standard InChI is InChI=1S/C28H33NO4/c1-5-32-26(30)25-23-16-15-22(20-11-13-21(14-12-20)28(2,3)4)24(23)17-29(25)27(31)33-18-19-9-7-6-8-10-19/h6-15,23-25H,5,16-18H2,1-4H3/t23-,24+,25-/m0/s1. The van der Waals surface area contributed by atoms with E-state index >= 15 is 0 Å². The first-order valence-electron chi connectivity index (χ1n) is 11.7. The van der Waals surface area contributed by atoms with Crippen molar-refractivity contribution in [3.05, 3.63) is 77.4 Å². The number of amides is 1. The Kier molecular flexibility index (Phi) is 6.59. The van der Waals surface area contributed by atoms with Crippen molar-refractivity contribution in [3.63, 3.8) is 0 Å². The lowest BCUT2D eigenvalue weighted by atomic mass is 9.84. The summed E-state index contributed by atoms with van der Waals surface area (Å²) in [6.07, 6.45) is 2.50. The SMILES string of the molecule is CCOC(=O)[C@@H]1[C@H]2CC=C(c3ccc(C(C)(C)C)cc3)[C@H]2CN1C(=O)OCc1ccccc1. The molecular weight excluding hydrogens is 414 g/mol. The molecule has 0 N–H and O–H groups in total. The van der Waals surface area contributed by atoms with E-state index in [1.54, 1.807) is 11.8 Å². The largest absolute Gasteiger partial charge is 0.464 e. The molecule has 0 spiro atoms. The molecule has 174 valence electrons. The molecule has 3 atom stereocenters. The summed E-state index contributed by atoms with van der Waals surface area (Å²) in [7, 11) is 0. The molecule has 0 bridgehead atoms. The summed E-state index contributed by atoms with van der Waals surface area (Å²) >= 11 is 0. The molecule has 4 rings (SSSR count). The fraction of sp³-hybridized carbons (Fsp3) is 0.429. The van der Waals surface area contributed by atoms with Gasteiger partial charge in [-0.3, -0.25) is 4.90 Å². The molecule has 2 aromatic rings. The molecule has 2 aromatic carbocycles. The molecule has 5 nitrogen and oxygen atoms in total. The highest BCUT2D eigenvalue weighted by Crippen LogP contribution is 2.47. The number of nitrogens with zero attached hydrogens (tertiary/aromatic N) is 1. The molecule has 0 saturated carbocycles. The zero-order valence-electron chi connectivity index (χ0n) is 19.9. The Morgan fingerprint density at radius 1 is 1.00 bits per heavy atom. The van der Waals surface area contributed by atoms with Crippen LogP contribution in [0.5, 0.6) is 0 Å². The lowest BCUT2D eigenvalue weighted by Gasteiger charge is -2.25. The van der Waals surface area contributed by atoms with Gasteiger partial charge in [0.15, 0.2) is 0 Å². The second-order valence-electron chi connectivity index (χ2n) is 9.88. The first-order chi connectivity index (χ1) is 15.8. The third kappa shape index (κ3) is 4.82. The molecule has 1 saturated heterocycles. The van der Waals surface area contributed by atoms with Crippen LogP contribution in [0.2, 0.25) is 0 Å². The maximum absolute atomic E-state index is 13.0. The van der Waals surface area contributed by atoms with Crippen molar-refractivity contribution in [1.82, 2.24) is 4.90 Å². The van der Waals surface area contributed by atoms with Crippen LogP contribution >= 0.6 is 0 Å². The topological polar surface area (TPSA) is 55.8 Å². The van der Waals surface area contributed by atoms with Crippen LogP contribution in [0.4, 0.5) is 4.79 Å². The highest BCUT2D eigenvalue weighted by atomic mass is 16.6. The van der Waals surface area contributed by atoms with Crippen molar-refractivity contribution in [2.45, 2.75) is 52.2 Å². The van der Waals surface area contributed by atoms with Crippen LogP contribution in [0, 0.1) is 11.8 Å². The third-order valence-corrected chi connectivity index (χ3v) is 6.71. The van der Waals surface area contributed by atoms with Gasteiger partial charge in [0.25, 0.3) is 0 Å². The van der Waals surface area contributed by atoms with E-state index in [-0.39, 0.29) is 36.4 Å². The summed E-state index contributed by atoms with van der Waals surface area (Å²) in [4.78, 5) is 27.5. The molecule has 1 heterocycles. The summed E-state index contributed by atoms with van der Waals surface area (Å²) in [5, 5.41) is 0. The van der Waals surface area contributed by atoms with Crippen molar-refractivity contribution >= 4 is 17.6 Å². The minimum atomic E-state index is -0.624. The van der Waals surface area contributed by atoms with Crippen molar-refractivity contribution in [1.29, 1.82) is 0 Å². The average molecular weight is 448 g/mol. The van der Waals surface area contributed by atoms with Gasteiger partial charge in [0.05, 0.1) is 6.61 Å². The summed E-state index contributed by atoms with van der Waals surface area (Å²) < 4.78 is 10.9. The van der Waals surface area contributed by atoms with Crippen LogP contribution < -0.4 is 0 Å². The van der Waals surface area contributed by atoms with Gasteiger partial charge in [0.2, 0.25) is 0 Å². The highest BCUT2D eigenvalue weighted by Gasteiger charge is 2.52. The molecule has 0 radical (unpaired) electrons. The van der Waals surface area contributed by atoms with Crippen LogP contribution in [0.25, 0.3) is 5.57 Å². The Morgan fingerprint density at radius 3 is 2.33 bits per heavy atom. The fourth-order valence-corrected chi connectivity index (χ4v) is 4.96. The van der Waals surface area contributed by atoms with Gasteiger partial charge in [-0.25, -0.2) is 9.59 Å². The van der Waals surface area contributed by atoms with Crippen molar-refractivity contribution < 1.29 is 19.1 Å². The molecule has 5 heteroatoms. The van der Waals surface area contributed by atoms with Gasteiger partial charge in [-0.2, -0.15) is 0 Å². The zero-order chi connectivity index (χ0) is 23.6. The molecule has 1 fully saturated rings. The van der Waals surface area contributed by atoms with Crippen LogP contribution in [-0.2, 0) is 26.3 Å². The summed E-state index contributed by atoms with van der Waals surface area (Å²) in [6.45, 7) is 9.31. The molecule has 2 aliphatic rings. The van der Waals surface area contributed by atoms with Crippen LogP contribution in [0.1, 0.15) is 50.8 Å². The van der Waals surface area contributed by atoms with Crippen LogP contribution in [0.15, 0.2) is 60.7 Å². The first kappa shape index (κ1) is 23.1. The number of ether oxygens (including phenoxy) is 2. The van der Waals surface area contributed by atoms with Gasteiger partial charge in [-0.15, -0.1) is 0 Å². The normalized spacial score (nSPS) is 22.0. The van der Waals surface area contributed by atoms with E-state index in [1.165, 1.54) is 11.1 Å². The number of allylic oxidation sites excluding steroid dienone is 1. The number of fused-ring (bicyclic) bond motifs is 1. The second-order valence-corrected chi connectivity index (χ2v) is 9.88. The average Bonchev–Trinajstić information content (AvgIpc) is 3.37. The van der Waals surface area contributed by atoms with Gasteiger partial charge in [0, 0.05) is 18.4 Å². The van der Waals surface area contributed by atoms with Gasteiger partial charge < -0.3 is 9.47 Å². The molecule has 1 aliphatic carbocycles. The molecule has 1 aliphatic heterocycles. The Morgan fingerprint density at radius 2 is 1.70 bits per heavy atom. The van der Waals surface area contributed by atoms with Gasteiger partial charge in [0.1, 0.15) is 12.6 Å². The Labute approximate surface area is 196 Å². The van der Waals surface area contributed by atoms with E-state index in [1.807, 2.05) is 30.3 Å². The zero-order valence-corrected chi connectivity index (χ0v) is 19.9. The summed E-state index contributed by atoms with van der Waals surface area (Å²) in [6, 6.07) is 17.6. The fourth-order valence-electron chi connectivity index (χ4n) is 4.96. The minimum absolute atomic E-state index is 0.00520. The maximum Gasteiger partial charge on any atom is 0.410 e. The van der Waals surface area contributed by atoms with E-state index in [0.717, 1.165) is 17.5 Å². The predicted molar refractivity (Wildman–Crippen MR) is 128 cm³/mol. The van der Waals surface area contributed by atoms with E-state index < -0.39 is 12.1 Å². The highest BCUT2D eigenvalue weighted by molar-refractivity contribution is 5.85. The molecular formula is C28H33NO4. The number of esters is 1. The predicted octanol–water partition coefficient (Wildman–Crippen LogP) is 5.59. The first-order valence-corrected chi connectivity index (χ1v) is 11.7. The van der Waals surface area contributed by atoms with Gasteiger partial charge in [-0.1, -0.05) is 81.4 Å². The van der Waals surface area contributed by atoms with E-state index in [9.17, 15) is 9.59 Å². The number of likely N-dealkylation sites (tertiary alicyclic amines) is 1. The van der Waals surface area contributed by atoms with Crippen LogP contribution in [-0.4, -0.2) is 36.2 Å². The van der Waals surface area contributed by atoms with E-state index in [2.05, 4.69) is 51.1 Å². The Hall–Kier alpha value is -3.08. The van der Waals surface area contributed by atoms with Gasteiger partial charge >= 0.3 is 12.1 Å². The lowest BCUT2D eigenvalue weighted by Crippen LogP contribution is -2.44. The number of hydrogen-bond acceptors (Lipinski definition) is 4. The smallest absolute Gasteiger partial charge is 0.410 e. The lowest BCUT2D eigenvalue weighted by molar-refractivity contribution is -0.149. The molecule has 0 aromatic heterocycles. The van der Waals surface area contributed by atoms with Crippen molar-refractivity contribution in [3.8, 4) is 0 Å². The van der Waals surface area contributed by atoms with Crippen molar-refractivity contribution in [2.75, 3.05) is 13.2 Å². The maximum atomic E-state index is 13.0. The van der Waals surface area contributed by atoms with Gasteiger partial charge in [-0.05, 0) is 41.0 Å². The van der Waals surface area contributed by atoms with E-state index in [4.69, 9.17) is 9.47 Å². The minimum Gasteiger partial charge on any atom is -0.464 e. The number of carbonyl (C=O) groups excluding carboxylic acids is 2. The summed E-state index contributed by atoms with van der Waals surface area (Å²) in [5.74, 6) is -0.255. The number of carbonyl (C=O) groups is 2. The Balaban J connectivity index is 1.53. The second kappa shape index (κ2) is 9.42. The molecule has 0 unspecified atom stereocenters. The number of rotatable bonds is 5. The van der Waals surface area contributed by atoms with Crippen molar-refractivity contribution in [2.24, 2.45) is 11.8 Å². The Bertz CT molecular complexity index is 1020. The summed E-state index contributed by atoms with van der Waals surface area (Å²) in [5.41, 5.74) is 4.64. The monoisotopic (exact) mass is 447 g/mol. The molecule has 33 heavy (non-hydrogen) atoms. The van der Waals surface area contributed by atoms with E-state index in [0.29, 0.717) is 6.54 Å². The number of benzene rings is 2. The molecule has 1 amide bonds.